The zero-order valence-electron chi connectivity index (χ0n) is 15.8. The van der Waals surface area contributed by atoms with Crippen LogP contribution >= 0.6 is 0 Å². The summed E-state index contributed by atoms with van der Waals surface area (Å²) < 4.78 is 1.60. The quantitative estimate of drug-likeness (QED) is 0.521. The minimum atomic E-state index is -0.569. The highest BCUT2D eigenvalue weighted by atomic mass is 16.6. The van der Waals surface area contributed by atoms with E-state index in [9.17, 15) is 14.9 Å². The van der Waals surface area contributed by atoms with Gasteiger partial charge in [-0.25, -0.2) is 4.68 Å². The Morgan fingerprint density at radius 2 is 1.83 bits per heavy atom. The summed E-state index contributed by atoms with van der Waals surface area (Å²) in [6.45, 7) is 3.76. The van der Waals surface area contributed by atoms with Gasteiger partial charge in [-0.2, -0.15) is 10.1 Å². The average molecular weight is 390 g/mol. The Bertz CT molecular complexity index is 1120. The molecule has 1 atom stereocenters. The minimum Gasteiger partial charge on any atom is -0.328 e. The number of anilines is 2. The number of nitrogens with zero attached hydrogens (tertiary/aromatic N) is 4. The van der Waals surface area contributed by atoms with Gasteiger partial charge in [0.15, 0.2) is 0 Å². The van der Waals surface area contributed by atoms with E-state index >= 15 is 0 Å². The number of benzene rings is 2. The van der Waals surface area contributed by atoms with Crippen molar-refractivity contribution in [3.05, 3.63) is 87.4 Å². The first-order valence-corrected chi connectivity index (χ1v) is 8.93. The molecule has 0 fully saturated rings. The molecule has 0 saturated carbocycles. The second-order valence-electron chi connectivity index (χ2n) is 6.76. The molecule has 1 unspecified atom stereocenters. The summed E-state index contributed by atoms with van der Waals surface area (Å²) in [6.07, 6.45) is 1.40. The molecule has 2 heterocycles. The largest absolute Gasteiger partial charge is 0.328 e. The number of nitro benzene ring substituents is 1. The molecule has 1 aliphatic rings. The molecule has 146 valence electrons. The number of carbonyl (C=O) groups excluding carboxylic acids is 1. The fraction of sp³-hybridized carbons (Fsp3) is 0.150. The van der Waals surface area contributed by atoms with Gasteiger partial charge < -0.3 is 10.6 Å². The van der Waals surface area contributed by atoms with E-state index in [2.05, 4.69) is 20.7 Å². The molecule has 4 rings (SSSR count). The van der Waals surface area contributed by atoms with Crippen LogP contribution in [0.3, 0.4) is 0 Å². The Labute approximate surface area is 166 Å². The van der Waals surface area contributed by atoms with Gasteiger partial charge in [-0.05, 0) is 43.7 Å². The Balaban J connectivity index is 1.74. The molecular formula is C20H18N6O3. The van der Waals surface area contributed by atoms with E-state index in [1.54, 1.807) is 23.7 Å². The number of allylic oxidation sites excluding steroid dienone is 1. The van der Waals surface area contributed by atoms with Crippen LogP contribution in [0.1, 0.15) is 24.1 Å². The standard InChI is InChI=1S/C20H18N6O3/c1-12-3-7-15(8-4-12)24-19(27)17-13(2)23-20-21-11-22-25(20)18(17)14-5-9-16(10-6-14)26(28)29/h3-11,18H,1-2H3,(H,24,27)(H,21,22,23). The first-order chi connectivity index (χ1) is 13.9. The molecule has 0 radical (unpaired) electrons. The molecule has 0 spiro atoms. The van der Waals surface area contributed by atoms with Crippen LogP contribution in [0.5, 0.6) is 0 Å². The zero-order chi connectivity index (χ0) is 20.5. The first-order valence-electron chi connectivity index (χ1n) is 8.93. The first kappa shape index (κ1) is 18.4. The summed E-state index contributed by atoms with van der Waals surface area (Å²) in [7, 11) is 0. The molecule has 1 amide bonds. The Hall–Kier alpha value is -4.01. The van der Waals surface area contributed by atoms with Gasteiger partial charge in [0.05, 0.1) is 10.5 Å². The van der Waals surface area contributed by atoms with Crippen LogP contribution in [0.4, 0.5) is 17.3 Å². The van der Waals surface area contributed by atoms with Crippen molar-refractivity contribution in [1.82, 2.24) is 14.8 Å². The number of hydrogen-bond donors (Lipinski definition) is 2. The maximum Gasteiger partial charge on any atom is 0.269 e. The molecular weight excluding hydrogens is 372 g/mol. The lowest BCUT2D eigenvalue weighted by atomic mass is 9.95. The molecule has 3 aromatic rings. The van der Waals surface area contributed by atoms with E-state index in [4.69, 9.17) is 0 Å². The normalized spacial score (nSPS) is 15.4. The summed E-state index contributed by atoms with van der Waals surface area (Å²) in [4.78, 5) is 27.9. The highest BCUT2D eigenvalue weighted by Crippen LogP contribution is 2.35. The Kier molecular flexibility index (Phi) is 4.55. The maximum atomic E-state index is 13.2. The van der Waals surface area contributed by atoms with Gasteiger partial charge in [0.2, 0.25) is 5.95 Å². The van der Waals surface area contributed by atoms with Crippen molar-refractivity contribution in [2.24, 2.45) is 0 Å². The topological polar surface area (TPSA) is 115 Å². The van der Waals surface area contributed by atoms with Crippen LogP contribution in [0.15, 0.2) is 66.1 Å². The lowest BCUT2D eigenvalue weighted by molar-refractivity contribution is -0.384. The minimum absolute atomic E-state index is 0.0205. The third-order valence-electron chi connectivity index (χ3n) is 4.77. The summed E-state index contributed by atoms with van der Waals surface area (Å²) in [5.41, 5.74) is 3.53. The SMILES string of the molecule is CC1=C(C(=O)Nc2ccc(C)cc2)C(c2ccc([N+](=O)[O-])cc2)n2ncnc2N1. The molecule has 0 aliphatic carbocycles. The second kappa shape index (κ2) is 7.19. The van der Waals surface area contributed by atoms with Crippen LogP contribution < -0.4 is 10.6 Å². The van der Waals surface area contributed by atoms with Crippen molar-refractivity contribution in [3.8, 4) is 0 Å². The average Bonchev–Trinajstić information content (AvgIpc) is 3.16. The highest BCUT2D eigenvalue weighted by molar-refractivity contribution is 6.06. The van der Waals surface area contributed by atoms with Crippen LogP contribution in [0.2, 0.25) is 0 Å². The van der Waals surface area contributed by atoms with Gasteiger partial charge in [-0.1, -0.05) is 17.7 Å². The molecule has 1 aromatic heterocycles. The summed E-state index contributed by atoms with van der Waals surface area (Å²) in [6, 6.07) is 13.0. The zero-order valence-corrected chi connectivity index (χ0v) is 15.8. The fourth-order valence-corrected chi connectivity index (χ4v) is 3.31. The molecule has 2 N–H and O–H groups in total. The van der Waals surface area contributed by atoms with E-state index in [1.807, 2.05) is 31.2 Å². The third-order valence-corrected chi connectivity index (χ3v) is 4.77. The monoisotopic (exact) mass is 390 g/mol. The number of fused-ring (bicyclic) bond motifs is 1. The van der Waals surface area contributed by atoms with Crippen LogP contribution in [0.25, 0.3) is 0 Å². The van der Waals surface area contributed by atoms with Gasteiger partial charge >= 0.3 is 0 Å². The van der Waals surface area contributed by atoms with E-state index in [0.717, 1.165) is 5.56 Å². The number of rotatable bonds is 4. The van der Waals surface area contributed by atoms with Crippen molar-refractivity contribution >= 4 is 23.2 Å². The Morgan fingerprint density at radius 1 is 1.14 bits per heavy atom. The summed E-state index contributed by atoms with van der Waals surface area (Å²) in [5.74, 6) is 0.209. The number of nitro groups is 1. The third kappa shape index (κ3) is 3.45. The molecule has 2 aromatic carbocycles. The molecule has 0 bridgehead atoms. The summed E-state index contributed by atoms with van der Waals surface area (Å²) >= 11 is 0. The van der Waals surface area contributed by atoms with E-state index in [-0.39, 0.29) is 11.6 Å². The molecule has 9 heteroatoms. The summed E-state index contributed by atoms with van der Waals surface area (Å²) in [5, 5.41) is 21.3. The van der Waals surface area contributed by atoms with E-state index in [1.165, 1.54) is 18.5 Å². The predicted molar refractivity (Wildman–Crippen MR) is 107 cm³/mol. The van der Waals surface area contributed by atoms with Gasteiger partial charge in [0, 0.05) is 23.5 Å². The van der Waals surface area contributed by atoms with Crippen molar-refractivity contribution < 1.29 is 9.72 Å². The molecule has 29 heavy (non-hydrogen) atoms. The number of amides is 1. The lowest BCUT2D eigenvalue weighted by Gasteiger charge is -2.28. The number of carbonyl (C=O) groups is 1. The van der Waals surface area contributed by atoms with Crippen LogP contribution in [-0.2, 0) is 4.79 Å². The van der Waals surface area contributed by atoms with Gasteiger partial charge in [0.1, 0.15) is 12.4 Å². The molecule has 0 saturated heterocycles. The van der Waals surface area contributed by atoms with Gasteiger partial charge in [-0.3, -0.25) is 14.9 Å². The van der Waals surface area contributed by atoms with Gasteiger partial charge in [-0.15, -0.1) is 0 Å². The van der Waals surface area contributed by atoms with E-state index < -0.39 is 11.0 Å². The van der Waals surface area contributed by atoms with Gasteiger partial charge in [0.25, 0.3) is 11.6 Å². The van der Waals surface area contributed by atoms with Crippen molar-refractivity contribution in [3.63, 3.8) is 0 Å². The lowest BCUT2D eigenvalue weighted by Crippen LogP contribution is -2.31. The van der Waals surface area contributed by atoms with Crippen molar-refractivity contribution in [1.29, 1.82) is 0 Å². The van der Waals surface area contributed by atoms with Crippen molar-refractivity contribution in [2.75, 3.05) is 10.6 Å². The number of aryl methyl sites for hydroxylation is 1. The Morgan fingerprint density at radius 3 is 2.48 bits per heavy atom. The predicted octanol–water partition coefficient (Wildman–Crippen LogP) is 3.42. The maximum absolute atomic E-state index is 13.2. The van der Waals surface area contributed by atoms with E-state index in [0.29, 0.717) is 28.5 Å². The number of non-ortho nitro benzene ring substituents is 1. The fourth-order valence-electron chi connectivity index (χ4n) is 3.31. The number of aromatic nitrogens is 3. The second-order valence-corrected chi connectivity index (χ2v) is 6.76. The molecule has 1 aliphatic heterocycles. The smallest absolute Gasteiger partial charge is 0.269 e. The van der Waals surface area contributed by atoms with Crippen LogP contribution in [-0.4, -0.2) is 25.6 Å². The molecule has 9 nitrogen and oxygen atoms in total. The highest BCUT2D eigenvalue weighted by Gasteiger charge is 2.33. The van der Waals surface area contributed by atoms with Crippen molar-refractivity contribution in [2.45, 2.75) is 19.9 Å². The number of nitrogens with one attached hydrogen (secondary N) is 2. The number of hydrogen-bond acceptors (Lipinski definition) is 6. The van der Waals surface area contributed by atoms with Crippen LogP contribution in [0, 0.1) is 17.0 Å².